The van der Waals surface area contributed by atoms with E-state index in [2.05, 4.69) is 10.6 Å². The number of carbonyl (C=O) groups excluding carboxylic acids is 2. The molecule has 0 aromatic heterocycles. The average molecular weight is 340 g/mol. The van der Waals surface area contributed by atoms with Gasteiger partial charge in [-0.3, -0.25) is 9.59 Å². The zero-order valence-electron chi connectivity index (χ0n) is 14.1. The predicted molar refractivity (Wildman–Crippen MR) is 93.8 cm³/mol. The van der Waals surface area contributed by atoms with Gasteiger partial charge < -0.3 is 20.1 Å². The Labute approximate surface area is 146 Å². The van der Waals surface area contributed by atoms with E-state index in [-0.39, 0.29) is 11.8 Å². The van der Waals surface area contributed by atoms with Crippen molar-refractivity contribution in [1.82, 2.24) is 5.32 Å². The van der Waals surface area contributed by atoms with Gasteiger partial charge in [-0.05, 0) is 36.8 Å². The molecule has 2 amide bonds. The highest BCUT2D eigenvalue weighted by Gasteiger charge is 2.34. The molecule has 1 heterocycles. The van der Waals surface area contributed by atoms with Gasteiger partial charge in [0.15, 0.2) is 11.5 Å². The van der Waals surface area contributed by atoms with Gasteiger partial charge in [0.1, 0.15) is 6.10 Å². The quantitative estimate of drug-likeness (QED) is 0.894. The fourth-order valence-electron chi connectivity index (χ4n) is 2.60. The summed E-state index contributed by atoms with van der Waals surface area (Å²) in [5.74, 6) is 0.859. The van der Waals surface area contributed by atoms with Gasteiger partial charge in [-0.2, -0.15) is 0 Å². The van der Waals surface area contributed by atoms with E-state index < -0.39 is 12.2 Å². The van der Waals surface area contributed by atoms with E-state index in [1.807, 2.05) is 30.3 Å². The molecule has 6 nitrogen and oxygen atoms in total. The molecule has 3 rings (SSSR count). The van der Waals surface area contributed by atoms with Crippen LogP contribution in [0.25, 0.3) is 0 Å². The van der Waals surface area contributed by atoms with Crippen LogP contribution in [0.3, 0.4) is 0 Å². The smallest absolute Gasteiger partial charge is 0.269 e. The maximum atomic E-state index is 12.5. The SMILES string of the molecule is CNC(=O)Cc1ccc(NC(=O)C2Oc3ccccc3OC2C)cc1. The summed E-state index contributed by atoms with van der Waals surface area (Å²) in [4.78, 5) is 23.9. The third-order valence-electron chi connectivity index (χ3n) is 3.97. The molecule has 2 atom stereocenters. The second kappa shape index (κ2) is 7.25. The third kappa shape index (κ3) is 3.91. The molecular weight excluding hydrogens is 320 g/mol. The van der Waals surface area contributed by atoms with E-state index in [1.54, 1.807) is 32.2 Å². The fraction of sp³-hybridized carbons (Fsp3) is 0.263. The van der Waals surface area contributed by atoms with E-state index in [4.69, 9.17) is 9.47 Å². The molecule has 0 fully saturated rings. The molecule has 0 saturated heterocycles. The third-order valence-corrected chi connectivity index (χ3v) is 3.97. The van der Waals surface area contributed by atoms with Gasteiger partial charge in [0, 0.05) is 12.7 Å². The average Bonchev–Trinajstić information content (AvgIpc) is 2.62. The van der Waals surface area contributed by atoms with Crippen molar-refractivity contribution in [2.45, 2.75) is 25.6 Å². The van der Waals surface area contributed by atoms with Gasteiger partial charge in [0.05, 0.1) is 6.42 Å². The van der Waals surface area contributed by atoms with Gasteiger partial charge in [-0.25, -0.2) is 0 Å². The lowest BCUT2D eigenvalue weighted by atomic mass is 10.1. The number of benzene rings is 2. The molecule has 130 valence electrons. The molecule has 0 saturated carbocycles. The van der Waals surface area contributed by atoms with Crippen molar-refractivity contribution in [3.63, 3.8) is 0 Å². The fourth-order valence-corrected chi connectivity index (χ4v) is 2.60. The molecule has 1 aliphatic heterocycles. The monoisotopic (exact) mass is 340 g/mol. The molecule has 0 radical (unpaired) electrons. The Hall–Kier alpha value is -3.02. The summed E-state index contributed by atoms with van der Waals surface area (Å²) in [6.07, 6.45) is -0.833. The Kier molecular flexibility index (Phi) is 4.88. The first-order chi connectivity index (χ1) is 12.1. The topological polar surface area (TPSA) is 76.7 Å². The number of carbonyl (C=O) groups is 2. The van der Waals surface area contributed by atoms with Crippen LogP contribution in [0, 0.1) is 0 Å². The second-order valence-corrected chi connectivity index (χ2v) is 5.84. The van der Waals surface area contributed by atoms with Crippen LogP contribution >= 0.6 is 0 Å². The number of anilines is 1. The van der Waals surface area contributed by atoms with Crippen molar-refractivity contribution >= 4 is 17.5 Å². The van der Waals surface area contributed by atoms with Crippen LogP contribution in [0.15, 0.2) is 48.5 Å². The summed E-state index contributed by atoms with van der Waals surface area (Å²) in [6.45, 7) is 1.80. The molecule has 2 aromatic rings. The molecule has 2 N–H and O–H groups in total. The van der Waals surface area contributed by atoms with Gasteiger partial charge in [0.25, 0.3) is 5.91 Å². The van der Waals surface area contributed by atoms with E-state index in [0.29, 0.717) is 23.6 Å². The first kappa shape index (κ1) is 16.8. The van der Waals surface area contributed by atoms with E-state index in [1.165, 1.54) is 0 Å². The minimum atomic E-state index is -0.736. The molecule has 2 unspecified atom stereocenters. The van der Waals surface area contributed by atoms with Gasteiger partial charge in [-0.15, -0.1) is 0 Å². The Balaban J connectivity index is 1.65. The van der Waals surface area contributed by atoms with Crippen LogP contribution < -0.4 is 20.1 Å². The second-order valence-electron chi connectivity index (χ2n) is 5.84. The van der Waals surface area contributed by atoms with Crippen LogP contribution in [-0.2, 0) is 16.0 Å². The number of nitrogens with one attached hydrogen (secondary N) is 2. The minimum absolute atomic E-state index is 0.0583. The molecule has 25 heavy (non-hydrogen) atoms. The van der Waals surface area contributed by atoms with Crippen LogP contribution in [0.1, 0.15) is 12.5 Å². The van der Waals surface area contributed by atoms with Crippen molar-refractivity contribution in [2.24, 2.45) is 0 Å². The lowest BCUT2D eigenvalue weighted by Gasteiger charge is -2.31. The number of hydrogen-bond acceptors (Lipinski definition) is 4. The highest BCUT2D eigenvalue weighted by atomic mass is 16.6. The van der Waals surface area contributed by atoms with Crippen LogP contribution in [0.2, 0.25) is 0 Å². The number of likely N-dealkylation sites (N-methyl/N-ethyl adjacent to an activating group) is 1. The molecule has 1 aliphatic rings. The summed E-state index contributed by atoms with van der Waals surface area (Å²) in [5.41, 5.74) is 1.51. The molecule has 0 bridgehead atoms. The highest BCUT2D eigenvalue weighted by molar-refractivity contribution is 5.95. The Morgan fingerprint density at radius 1 is 1.00 bits per heavy atom. The Bertz CT molecular complexity index is 773. The van der Waals surface area contributed by atoms with Crippen LogP contribution in [0.4, 0.5) is 5.69 Å². The molecular formula is C19H20N2O4. The molecule has 0 spiro atoms. The van der Waals surface area contributed by atoms with E-state index in [0.717, 1.165) is 5.56 Å². The summed E-state index contributed by atoms with van der Waals surface area (Å²) in [6, 6.07) is 14.4. The zero-order valence-corrected chi connectivity index (χ0v) is 14.1. The first-order valence-electron chi connectivity index (χ1n) is 8.09. The number of ether oxygens (including phenoxy) is 2. The number of amides is 2. The molecule has 0 aliphatic carbocycles. The summed E-state index contributed by atoms with van der Waals surface area (Å²) in [5, 5.41) is 5.40. The van der Waals surface area contributed by atoms with Crippen molar-refractivity contribution in [1.29, 1.82) is 0 Å². The molecule has 6 heteroatoms. The standard InChI is InChI=1S/C19H20N2O4/c1-12-18(25-16-6-4-3-5-15(16)24-12)19(23)21-14-9-7-13(8-10-14)11-17(22)20-2/h3-10,12,18H,11H2,1-2H3,(H,20,22)(H,21,23). The normalized spacial score (nSPS) is 18.3. The highest BCUT2D eigenvalue weighted by Crippen LogP contribution is 2.33. The summed E-state index contributed by atoms with van der Waals surface area (Å²) < 4.78 is 11.5. The van der Waals surface area contributed by atoms with Crippen molar-refractivity contribution in [2.75, 3.05) is 12.4 Å². The van der Waals surface area contributed by atoms with E-state index in [9.17, 15) is 9.59 Å². The van der Waals surface area contributed by atoms with Gasteiger partial charge in [-0.1, -0.05) is 24.3 Å². The van der Waals surface area contributed by atoms with E-state index >= 15 is 0 Å². The number of rotatable bonds is 4. The predicted octanol–water partition coefficient (Wildman–Crippen LogP) is 2.14. The first-order valence-corrected chi connectivity index (χ1v) is 8.09. The maximum Gasteiger partial charge on any atom is 0.269 e. The van der Waals surface area contributed by atoms with Crippen LogP contribution in [0.5, 0.6) is 11.5 Å². The van der Waals surface area contributed by atoms with Gasteiger partial charge in [0.2, 0.25) is 12.0 Å². The lowest BCUT2D eigenvalue weighted by molar-refractivity contribution is -0.128. The minimum Gasteiger partial charge on any atom is -0.482 e. The Morgan fingerprint density at radius 2 is 1.64 bits per heavy atom. The lowest BCUT2D eigenvalue weighted by Crippen LogP contribution is -2.46. The van der Waals surface area contributed by atoms with Gasteiger partial charge >= 0.3 is 0 Å². The summed E-state index contributed by atoms with van der Waals surface area (Å²) >= 11 is 0. The van der Waals surface area contributed by atoms with Crippen molar-refractivity contribution < 1.29 is 19.1 Å². The Morgan fingerprint density at radius 3 is 2.28 bits per heavy atom. The zero-order chi connectivity index (χ0) is 17.8. The number of fused-ring (bicyclic) bond motifs is 1. The molecule has 2 aromatic carbocycles. The number of para-hydroxylation sites is 2. The van der Waals surface area contributed by atoms with Crippen molar-refractivity contribution in [3.8, 4) is 11.5 Å². The maximum absolute atomic E-state index is 12.5. The van der Waals surface area contributed by atoms with Crippen molar-refractivity contribution in [3.05, 3.63) is 54.1 Å². The largest absolute Gasteiger partial charge is 0.482 e. The summed E-state index contributed by atoms with van der Waals surface area (Å²) in [7, 11) is 1.60. The number of hydrogen-bond donors (Lipinski definition) is 2. The van der Waals surface area contributed by atoms with Crippen LogP contribution in [-0.4, -0.2) is 31.1 Å².